The van der Waals surface area contributed by atoms with Gasteiger partial charge in [0.25, 0.3) is 0 Å². The third kappa shape index (κ3) is 3.55. The van der Waals surface area contributed by atoms with Crippen molar-refractivity contribution >= 4 is 28.9 Å². The van der Waals surface area contributed by atoms with Gasteiger partial charge >= 0.3 is 18.0 Å². The van der Waals surface area contributed by atoms with Crippen LogP contribution < -0.4 is 10.6 Å². The second kappa shape index (κ2) is 7.71. The second-order valence-corrected chi connectivity index (χ2v) is 6.18. The van der Waals surface area contributed by atoms with E-state index in [1.165, 1.54) is 12.1 Å². The molecule has 0 saturated heterocycles. The van der Waals surface area contributed by atoms with Crippen LogP contribution in [-0.4, -0.2) is 37.2 Å². The van der Waals surface area contributed by atoms with Crippen LogP contribution in [0, 0.1) is 12.7 Å². The fraction of sp³-hybridized carbons (Fsp3) is 0.316. The molecule has 8 nitrogen and oxygen atoms in total. The molecule has 9 heteroatoms. The molecule has 1 aliphatic rings. The van der Waals surface area contributed by atoms with E-state index in [0.29, 0.717) is 10.9 Å². The topological polar surface area (TPSA) is 107 Å². The lowest BCUT2D eigenvalue weighted by molar-refractivity contribution is -0.139. The first-order valence-electron chi connectivity index (χ1n) is 8.65. The van der Waals surface area contributed by atoms with Crippen LogP contribution in [0.4, 0.5) is 9.18 Å². The first kappa shape index (κ1) is 19.4. The molecule has 148 valence electrons. The summed E-state index contributed by atoms with van der Waals surface area (Å²) < 4.78 is 29.4. The van der Waals surface area contributed by atoms with Crippen molar-refractivity contribution in [1.29, 1.82) is 0 Å². The number of esters is 2. The van der Waals surface area contributed by atoms with Crippen molar-refractivity contribution in [2.24, 2.45) is 0 Å². The number of nitrogens with one attached hydrogen (secondary N) is 2. The number of hydrogen-bond acceptors (Lipinski definition) is 6. The van der Waals surface area contributed by atoms with E-state index in [2.05, 4.69) is 10.6 Å². The van der Waals surface area contributed by atoms with Crippen LogP contribution >= 0.6 is 0 Å². The summed E-state index contributed by atoms with van der Waals surface area (Å²) in [5.41, 5.74) is 0.661. The van der Waals surface area contributed by atoms with E-state index in [-0.39, 0.29) is 35.8 Å². The van der Waals surface area contributed by atoms with E-state index < -0.39 is 29.8 Å². The van der Waals surface area contributed by atoms with Crippen molar-refractivity contribution < 1.29 is 32.7 Å². The van der Waals surface area contributed by atoms with Crippen molar-refractivity contribution in [3.63, 3.8) is 0 Å². The van der Waals surface area contributed by atoms with Gasteiger partial charge in [0.15, 0.2) is 11.4 Å². The number of halogens is 1. The summed E-state index contributed by atoms with van der Waals surface area (Å²) in [6.45, 7) is 4.64. The number of ether oxygens (including phenoxy) is 2. The molecule has 2 heterocycles. The van der Waals surface area contributed by atoms with E-state index in [0.717, 1.165) is 0 Å². The molecular formula is C19H19FN2O6. The molecule has 0 bridgehead atoms. The maximum Gasteiger partial charge on any atom is 0.374 e. The first-order chi connectivity index (χ1) is 13.3. The average Bonchev–Trinajstić information content (AvgIpc) is 2.98. The number of amides is 2. The predicted octanol–water partition coefficient (Wildman–Crippen LogP) is 2.56. The Morgan fingerprint density at radius 3 is 2.68 bits per heavy atom. The number of carbonyl (C=O) groups excluding carboxylic acids is 3. The quantitative estimate of drug-likeness (QED) is 0.760. The number of benzene rings is 1. The number of hydrogen-bond donors (Lipinski definition) is 2. The Hall–Kier alpha value is -3.36. The molecule has 2 aromatic rings. The SMILES string of the molecule is CCOC(=O)C1=C(COC(=O)c2oc3c(F)cccc3c2C)NC(=O)N[C@@H]1C. The molecule has 0 spiro atoms. The number of furan rings is 1. The lowest BCUT2D eigenvalue weighted by Crippen LogP contribution is -2.50. The zero-order chi connectivity index (χ0) is 20.4. The van der Waals surface area contributed by atoms with Crippen LogP contribution in [0.1, 0.15) is 30.0 Å². The lowest BCUT2D eigenvalue weighted by atomic mass is 10.0. The molecule has 1 aromatic heterocycles. The van der Waals surface area contributed by atoms with Gasteiger partial charge in [-0.1, -0.05) is 12.1 Å². The largest absolute Gasteiger partial charge is 0.463 e. The number of fused-ring (bicyclic) bond motifs is 1. The van der Waals surface area contributed by atoms with Crippen LogP contribution in [0.2, 0.25) is 0 Å². The molecule has 1 aromatic carbocycles. The molecule has 0 aliphatic carbocycles. The van der Waals surface area contributed by atoms with Crippen LogP contribution in [-0.2, 0) is 14.3 Å². The van der Waals surface area contributed by atoms with Gasteiger partial charge in [-0.05, 0) is 26.8 Å². The summed E-state index contributed by atoms with van der Waals surface area (Å²) in [5, 5.41) is 5.46. The minimum atomic E-state index is -0.843. The van der Waals surface area contributed by atoms with E-state index in [9.17, 15) is 18.8 Å². The highest BCUT2D eigenvalue weighted by Gasteiger charge is 2.31. The lowest BCUT2D eigenvalue weighted by Gasteiger charge is -2.26. The zero-order valence-electron chi connectivity index (χ0n) is 15.6. The van der Waals surface area contributed by atoms with Crippen molar-refractivity contribution in [1.82, 2.24) is 10.6 Å². The highest BCUT2D eigenvalue weighted by atomic mass is 19.1. The van der Waals surface area contributed by atoms with Crippen LogP contribution in [0.5, 0.6) is 0 Å². The standard InChI is InChI=1S/C19H19FN2O6/c1-4-26-17(23)14-10(3)21-19(25)22-13(14)8-27-18(24)15-9(2)11-6-5-7-12(20)16(11)28-15/h5-7,10H,4,8H2,1-3H3,(H2,21,22,25)/t10-/m1/s1. The van der Waals surface area contributed by atoms with Crippen LogP contribution in [0.3, 0.4) is 0 Å². The molecule has 0 unspecified atom stereocenters. The van der Waals surface area contributed by atoms with Gasteiger partial charge in [-0.3, -0.25) is 0 Å². The average molecular weight is 390 g/mol. The summed E-state index contributed by atoms with van der Waals surface area (Å²) in [6, 6.07) is 3.21. The van der Waals surface area contributed by atoms with E-state index in [1.807, 2.05) is 0 Å². The summed E-state index contributed by atoms with van der Waals surface area (Å²) in [6.07, 6.45) is 0. The van der Waals surface area contributed by atoms with Gasteiger partial charge in [0.2, 0.25) is 5.76 Å². The maximum atomic E-state index is 13.9. The van der Waals surface area contributed by atoms with Gasteiger partial charge in [-0.25, -0.2) is 18.8 Å². The third-order valence-corrected chi connectivity index (χ3v) is 4.31. The van der Waals surface area contributed by atoms with Crippen molar-refractivity contribution in [2.75, 3.05) is 13.2 Å². The fourth-order valence-corrected chi connectivity index (χ4v) is 3.00. The van der Waals surface area contributed by atoms with Crippen LogP contribution in [0.15, 0.2) is 33.9 Å². The van der Waals surface area contributed by atoms with Gasteiger partial charge in [-0.2, -0.15) is 0 Å². The molecule has 2 amide bonds. The molecule has 1 atom stereocenters. The predicted molar refractivity (Wildman–Crippen MR) is 96.0 cm³/mol. The number of para-hydroxylation sites is 1. The smallest absolute Gasteiger partial charge is 0.374 e. The third-order valence-electron chi connectivity index (χ3n) is 4.31. The summed E-state index contributed by atoms with van der Waals surface area (Å²) in [7, 11) is 0. The monoisotopic (exact) mass is 390 g/mol. The molecule has 0 fully saturated rings. The van der Waals surface area contributed by atoms with Gasteiger partial charge in [0.1, 0.15) is 6.61 Å². The fourth-order valence-electron chi connectivity index (χ4n) is 3.00. The molecule has 28 heavy (non-hydrogen) atoms. The summed E-state index contributed by atoms with van der Waals surface area (Å²) in [5.74, 6) is -2.21. The van der Waals surface area contributed by atoms with Gasteiger partial charge < -0.3 is 24.5 Å². The number of aryl methyl sites for hydroxylation is 1. The zero-order valence-corrected chi connectivity index (χ0v) is 15.6. The molecule has 2 N–H and O–H groups in total. The normalized spacial score (nSPS) is 16.6. The molecule has 0 saturated carbocycles. The number of rotatable bonds is 5. The Morgan fingerprint density at radius 2 is 2.00 bits per heavy atom. The van der Waals surface area contributed by atoms with Crippen molar-refractivity contribution in [2.45, 2.75) is 26.8 Å². The second-order valence-electron chi connectivity index (χ2n) is 6.18. The van der Waals surface area contributed by atoms with E-state index in [1.54, 1.807) is 26.8 Å². The minimum Gasteiger partial charge on any atom is -0.463 e. The Morgan fingerprint density at radius 1 is 1.25 bits per heavy atom. The van der Waals surface area contributed by atoms with E-state index >= 15 is 0 Å². The van der Waals surface area contributed by atoms with E-state index in [4.69, 9.17) is 13.9 Å². The van der Waals surface area contributed by atoms with Crippen molar-refractivity contribution in [3.8, 4) is 0 Å². The first-order valence-corrected chi connectivity index (χ1v) is 8.65. The van der Waals surface area contributed by atoms with Crippen LogP contribution in [0.25, 0.3) is 11.0 Å². The Balaban J connectivity index is 1.85. The number of carbonyl (C=O) groups is 3. The molecule has 0 radical (unpaired) electrons. The summed E-state index contributed by atoms with van der Waals surface area (Å²) >= 11 is 0. The highest BCUT2D eigenvalue weighted by Crippen LogP contribution is 2.28. The molecule has 3 rings (SSSR count). The van der Waals surface area contributed by atoms with Gasteiger partial charge in [0, 0.05) is 10.9 Å². The van der Waals surface area contributed by atoms with Gasteiger partial charge in [-0.15, -0.1) is 0 Å². The Kier molecular flexibility index (Phi) is 5.34. The number of urea groups is 1. The maximum absolute atomic E-state index is 13.9. The molecule has 1 aliphatic heterocycles. The Labute approximate surface area is 159 Å². The highest BCUT2D eigenvalue weighted by molar-refractivity contribution is 5.97. The van der Waals surface area contributed by atoms with Crippen molar-refractivity contribution in [3.05, 3.63) is 46.6 Å². The van der Waals surface area contributed by atoms with Gasteiger partial charge in [0.05, 0.1) is 23.9 Å². The Bertz CT molecular complexity index is 994. The molecular weight excluding hydrogens is 371 g/mol. The minimum absolute atomic E-state index is 0.0397. The summed E-state index contributed by atoms with van der Waals surface area (Å²) in [4.78, 5) is 36.4.